The van der Waals surface area contributed by atoms with E-state index in [9.17, 15) is 9.90 Å². The summed E-state index contributed by atoms with van der Waals surface area (Å²) in [6.45, 7) is 0.444. The minimum atomic E-state index is -0.548. The SMILES string of the molecule is O=C(NCCC(O)c1ccccc1)c1sccc1Br. The Hall–Kier alpha value is -1.17. The fourth-order valence-corrected chi connectivity index (χ4v) is 3.17. The number of carbonyl (C=O) groups excluding carboxylic acids is 1. The molecular weight excluding hydrogens is 326 g/mol. The molecule has 0 aliphatic heterocycles. The van der Waals surface area contributed by atoms with E-state index < -0.39 is 6.10 Å². The highest BCUT2D eigenvalue weighted by Gasteiger charge is 2.12. The zero-order valence-corrected chi connectivity index (χ0v) is 12.6. The number of amides is 1. The van der Waals surface area contributed by atoms with E-state index in [4.69, 9.17) is 0 Å². The van der Waals surface area contributed by atoms with Crippen LogP contribution in [0.1, 0.15) is 27.8 Å². The molecule has 0 aliphatic rings. The van der Waals surface area contributed by atoms with Gasteiger partial charge in [0.1, 0.15) is 4.88 Å². The molecule has 2 N–H and O–H groups in total. The molecule has 1 atom stereocenters. The van der Waals surface area contributed by atoms with Crippen molar-refractivity contribution in [3.63, 3.8) is 0 Å². The van der Waals surface area contributed by atoms with Gasteiger partial charge in [-0.05, 0) is 39.4 Å². The van der Waals surface area contributed by atoms with Gasteiger partial charge in [0, 0.05) is 11.0 Å². The highest BCUT2D eigenvalue weighted by molar-refractivity contribution is 9.10. The van der Waals surface area contributed by atoms with Gasteiger partial charge >= 0.3 is 0 Å². The van der Waals surface area contributed by atoms with Crippen LogP contribution in [-0.4, -0.2) is 17.6 Å². The van der Waals surface area contributed by atoms with Crippen LogP contribution in [0.5, 0.6) is 0 Å². The molecule has 0 fully saturated rings. The van der Waals surface area contributed by atoms with Crippen molar-refractivity contribution >= 4 is 33.2 Å². The molecule has 1 aromatic carbocycles. The van der Waals surface area contributed by atoms with E-state index in [2.05, 4.69) is 21.2 Å². The second-order valence-corrected chi connectivity index (χ2v) is 5.84. The summed E-state index contributed by atoms with van der Waals surface area (Å²) in [6.07, 6.45) is -0.0491. The highest BCUT2D eigenvalue weighted by atomic mass is 79.9. The summed E-state index contributed by atoms with van der Waals surface area (Å²) in [5.74, 6) is -0.109. The van der Waals surface area contributed by atoms with Crippen LogP contribution in [0.3, 0.4) is 0 Å². The number of hydrogen-bond donors (Lipinski definition) is 2. The predicted molar refractivity (Wildman–Crippen MR) is 80.4 cm³/mol. The fraction of sp³-hybridized carbons (Fsp3) is 0.214. The summed E-state index contributed by atoms with van der Waals surface area (Å²) < 4.78 is 0.804. The fourth-order valence-electron chi connectivity index (χ4n) is 1.70. The Bertz CT molecular complexity index is 541. The molecule has 1 unspecified atom stereocenters. The van der Waals surface area contributed by atoms with Crippen molar-refractivity contribution in [2.24, 2.45) is 0 Å². The van der Waals surface area contributed by atoms with Gasteiger partial charge in [-0.2, -0.15) is 0 Å². The van der Waals surface area contributed by atoms with Crippen LogP contribution >= 0.6 is 27.3 Å². The van der Waals surface area contributed by atoms with Gasteiger partial charge in [-0.15, -0.1) is 11.3 Å². The molecule has 0 spiro atoms. The van der Waals surface area contributed by atoms with Crippen molar-refractivity contribution in [2.75, 3.05) is 6.54 Å². The summed E-state index contributed by atoms with van der Waals surface area (Å²) in [7, 11) is 0. The maximum absolute atomic E-state index is 11.8. The minimum absolute atomic E-state index is 0.109. The van der Waals surface area contributed by atoms with Crippen LogP contribution in [0.25, 0.3) is 0 Å². The van der Waals surface area contributed by atoms with Gasteiger partial charge in [-0.25, -0.2) is 0 Å². The first-order valence-corrected chi connectivity index (χ1v) is 7.60. The molecule has 0 saturated carbocycles. The van der Waals surface area contributed by atoms with Gasteiger partial charge in [-0.1, -0.05) is 30.3 Å². The molecule has 2 aromatic rings. The van der Waals surface area contributed by atoms with Crippen molar-refractivity contribution < 1.29 is 9.90 Å². The highest BCUT2D eigenvalue weighted by Crippen LogP contribution is 2.22. The Morgan fingerprint density at radius 3 is 2.68 bits per heavy atom. The van der Waals surface area contributed by atoms with E-state index in [1.165, 1.54) is 11.3 Å². The lowest BCUT2D eigenvalue weighted by Crippen LogP contribution is -2.25. The van der Waals surface area contributed by atoms with E-state index in [-0.39, 0.29) is 5.91 Å². The monoisotopic (exact) mass is 339 g/mol. The van der Waals surface area contributed by atoms with Crippen LogP contribution in [0.15, 0.2) is 46.3 Å². The lowest BCUT2D eigenvalue weighted by Gasteiger charge is -2.11. The molecule has 1 heterocycles. The second kappa shape index (κ2) is 6.84. The standard InChI is InChI=1S/C14H14BrNO2S/c15-11-7-9-19-13(11)14(18)16-8-6-12(17)10-4-2-1-3-5-10/h1-5,7,9,12,17H,6,8H2,(H,16,18). The van der Waals surface area contributed by atoms with Gasteiger partial charge in [0.05, 0.1) is 6.10 Å². The topological polar surface area (TPSA) is 49.3 Å². The molecule has 19 heavy (non-hydrogen) atoms. The third-order valence-electron chi connectivity index (χ3n) is 2.71. The molecular formula is C14H14BrNO2S. The van der Waals surface area contributed by atoms with Crippen molar-refractivity contribution in [1.29, 1.82) is 0 Å². The normalized spacial score (nSPS) is 12.1. The molecule has 2 rings (SSSR count). The number of thiophene rings is 1. The van der Waals surface area contributed by atoms with E-state index in [1.54, 1.807) is 0 Å². The summed E-state index contributed by atoms with van der Waals surface area (Å²) in [4.78, 5) is 12.5. The number of rotatable bonds is 5. The van der Waals surface area contributed by atoms with Crippen molar-refractivity contribution in [1.82, 2.24) is 5.32 Å². The molecule has 1 aromatic heterocycles. The zero-order valence-electron chi connectivity index (χ0n) is 10.2. The maximum Gasteiger partial charge on any atom is 0.262 e. The van der Waals surface area contributed by atoms with Crippen LogP contribution in [0.4, 0.5) is 0 Å². The van der Waals surface area contributed by atoms with Crippen molar-refractivity contribution in [3.8, 4) is 0 Å². The second-order valence-electron chi connectivity index (χ2n) is 4.07. The third kappa shape index (κ3) is 3.89. The smallest absolute Gasteiger partial charge is 0.262 e. The van der Waals surface area contributed by atoms with Gasteiger partial charge < -0.3 is 10.4 Å². The minimum Gasteiger partial charge on any atom is -0.388 e. The van der Waals surface area contributed by atoms with Crippen molar-refractivity contribution in [3.05, 3.63) is 56.7 Å². The number of aliphatic hydroxyl groups is 1. The number of halogens is 1. The number of hydrogen-bond acceptors (Lipinski definition) is 3. The number of benzene rings is 1. The van der Waals surface area contributed by atoms with E-state index in [0.29, 0.717) is 17.8 Å². The first kappa shape index (κ1) is 14.2. The first-order chi connectivity index (χ1) is 9.18. The predicted octanol–water partition coefficient (Wildman–Crippen LogP) is 3.36. The molecule has 0 saturated heterocycles. The molecule has 100 valence electrons. The largest absolute Gasteiger partial charge is 0.388 e. The third-order valence-corrected chi connectivity index (χ3v) is 4.55. The van der Waals surface area contributed by atoms with Crippen LogP contribution in [0, 0.1) is 0 Å². The molecule has 1 amide bonds. The molecule has 0 radical (unpaired) electrons. The van der Waals surface area contributed by atoms with Gasteiger partial charge in [0.2, 0.25) is 0 Å². The molecule has 5 heteroatoms. The Balaban J connectivity index is 1.81. The van der Waals surface area contributed by atoms with Crippen LogP contribution < -0.4 is 5.32 Å². The Kier molecular flexibility index (Phi) is 5.13. The first-order valence-electron chi connectivity index (χ1n) is 5.92. The van der Waals surface area contributed by atoms with Gasteiger partial charge in [0.25, 0.3) is 5.91 Å². The summed E-state index contributed by atoms with van der Waals surface area (Å²) in [6, 6.07) is 11.3. The van der Waals surface area contributed by atoms with Crippen LogP contribution in [-0.2, 0) is 0 Å². The summed E-state index contributed by atoms with van der Waals surface area (Å²) in [5, 5.41) is 14.6. The van der Waals surface area contributed by atoms with Crippen LogP contribution in [0.2, 0.25) is 0 Å². The molecule has 3 nitrogen and oxygen atoms in total. The number of aliphatic hydroxyl groups excluding tert-OH is 1. The average molecular weight is 340 g/mol. The van der Waals surface area contributed by atoms with Gasteiger partial charge in [-0.3, -0.25) is 4.79 Å². The zero-order chi connectivity index (χ0) is 13.7. The Labute approximate surface area is 124 Å². The number of carbonyl (C=O) groups is 1. The average Bonchev–Trinajstić information content (AvgIpc) is 2.86. The Morgan fingerprint density at radius 2 is 2.05 bits per heavy atom. The summed E-state index contributed by atoms with van der Waals surface area (Å²) >= 11 is 4.72. The Morgan fingerprint density at radius 1 is 1.32 bits per heavy atom. The quantitative estimate of drug-likeness (QED) is 0.877. The van der Waals surface area contributed by atoms with Gasteiger partial charge in [0.15, 0.2) is 0 Å². The molecule has 0 bridgehead atoms. The maximum atomic E-state index is 11.8. The molecule has 0 aliphatic carbocycles. The van der Waals surface area contributed by atoms with E-state index in [0.717, 1.165) is 10.0 Å². The van der Waals surface area contributed by atoms with E-state index >= 15 is 0 Å². The lowest BCUT2D eigenvalue weighted by atomic mass is 10.1. The summed E-state index contributed by atoms with van der Waals surface area (Å²) in [5.41, 5.74) is 0.869. The van der Waals surface area contributed by atoms with E-state index in [1.807, 2.05) is 41.8 Å². The van der Waals surface area contributed by atoms with Crippen molar-refractivity contribution in [2.45, 2.75) is 12.5 Å². The number of nitrogens with one attached hydrogen (secondary N) is 1. The lowest BCUT2D eigenvalue weighted by molar-refractivity contribution is 0.0946.